The fourth-order valence-electron chi connectivity index (χ4n) is 3.61. The maximum atomic E-state index is 6.60. The zero-order valence-corrected chi connectivity index (χ0v) is 19.2. The van der Waals surface area contributed by atoms with Crippen LogP contribution in [0.15, 0.2) is 10.5 Å². The first-order chi connectivity index (χ1) is 13.6. The number of nitrogens with zero attached hydrogens (tertiary/aromatic N) is 4. The number of aromatic nitrogens is 2. The van der Waals surface area contributed by atoms with E-state index in [-0.39, 0.29) is 11.1 Å². The van der Waals surface area contributed by atoms with E-state index in [0.717, 1.165) is 38.4 Å². The number of ether oxygens (including phenoxy) is 1. The first kappa shape index (κ1) is 20.4. The molecule has 0 radical (unpaired) electrons. The molecule has 9 heteroatoms. The molecule has 0 aliphatic carbocycles. The maximum absolute atomic E-state index is 6.60. The summed E-state index contributed by atoms with van der Waals surface area (Å²) >= 11 is 0. The monoisotopic (exact) mass is 419 g/mol. The van der Waals surface area contributed by atoms with E-state index in [1.165, 1.54) is 0 Å². The number of oxazole rings is 1. The van der Waals surface area contributed by atoms with Crippen molar-refractivity contribution in [3.05, 3.63) is 6.07 Å². The highest BCUT2D eigenvalue weighted by Gasteiger charge is 2.40. The van der Waals surface area contributed by atoms with Gasteiger partial charge in [0.15, 0.2) is 19.7 Å². The van der Waals surface area contributed by atoms with Gasteiger partial charge in [0.1, 0.15) is 0 Å². The van der Waals surface area contributed by atoms with E-state index in [0.29, 0.717) is 36.1 Å². The van der Waals surface area contributed by atoms with E-state index in [1.54, 1.807) is 0 Å². The minimum atomic E-state index is -1.80. The van der Waals surface area contributed by atoms with Crippen LogP contribution in [0.3, 0.4) is 0 Å². The standard InChI is InChI=1S/C20H33N5O3Si/c1-20(2,3)29(4,5)28-14-6-7-25(13-14)18-15(21)12-16-17(22-18)23-19(27-16)24-8-10-26-11-9-24/h12,14H,6-11,13,21H2,1-5H3/t14-/m1/s1. The van der Waals surface area contributed by atoms with Crippen LogP contribution in [0.2, 0.25) is 18.1 Å². The van der Waals surface area contributed by atoms with E-state index >= 15 is 0 Å². The molecule has 2 aromatic heterocycles. The Bertz CT molecular complexity index is 873. The molecule has 0 amide bonds. The summed E-state index contributed by atoms with van der Waals surface area (Å²) in [6.45, 7) is 16.0. The molecule has 0 unspecified atom stereocenters. The molecule has 0 aromatic carbocycles. The molecule has 4 rings (SSSR count). The van der Waals surface area contributed by atoms with Gasteiger partial charge in [-0.3, -0.25) is 0 Å². The Labute approximate surface area is 173 Å². The van der Waals surface area contributed by atoms with Crippen molar-refractivity contribution < 1.29 is 13.6 Å². The van der Waals surface area contributed by atoms with Crippen molar-refractivity contribution in [1.29, 1.82) is 0 Å². The van der Waals surface area contributed by atoms with Gasteiger partial charge in [-0.05, 0) is 24.6 Å². The molecule has 2 fully saturated rings. The summed E-state index contributed by atoms with van der Waals surface area (Å²) in [5.41, 5.74) is 8.19. The van der Waals surface area contributed by atoms with Crippen LogP contribution in [0.4, 0.5) is 17.5 Å². The average Bonchev–Trinajstić information content (AvgIpc) is 3.27. The van der Waals surface area contributed by atoms with Crippen LogP contribution in [0.5, 0.6) is 0 Å². The van der Waals surface area contributed by atoms with Gasteiger partial charge in [0.05, 0.1) is 25.0 Å². The Kier molecular flexibility index (Phi) is 5.24. The van der Waals surface area contributed by atoms with Crippen molar-refractivity contribution >= 4 is 37.1 Å². The normalized spacial score (nSPS) is 21.3. The highest BCUT2D eigenvalue weighted by Crippen LogP contribution is 2.39. The number of anilines is 3. The third kappa shape index (κ3) is 4.08. The first-order valence-corrected chi connectivity index (χ1v) is 13.4. The number of morpholine rings is 1. The number of pyridine rings is 1. The molecular formula is C20H33N5O3Si. The fraction of sp³-hybridized carbons (Fsp3) is 0.700. The van der Waals surface area contributed by atoms with Gasteiger partial charge in [0.2, 0.25) is 5.65 Å². The number of hydrogen-bond acceptors (Lipinski definition) is 8. The Morgan fingerprint density at radius 3 is 2.55 bits per heavy atom. The van der Waals surface area contributed by atoms with Crippen molar-refractivity contribution in [2.75, 3.05) is 54.9 Å². The lowest BCUT2D eigenvalue weighted by atomic mass is 10.2. The predicted octanol–water partition coefficient (Wildman–Crippen LogP) is 3.24. The molecular weight excluding hydrogens is 386 g/mol. The number of fused-ring (bicyclic) bond motifs is 1. The van der Waals surface area contributed by atoms with Gasteiger partial charge in [-0.25, -0.2) is 4.98 Å². The van der Waals surface area contributed by atoms with Crippen LogP contribution in [-0.4, -0.2) is 63.8 Å². The Balaban J connectivity index is 1.51. The highest BCUT2D eigenvalue weighted by molar-refractivity contribution is 6.74. The van der Waals surface area contributed by atoms with Crippen LogP contribution in [-0.2, 0) is 9.16 Å². The van der Waals surface area contributed by atoms with E-state index in [2.05, 4.69) is 48.6 Å². The van der Waals surface area contributed by atoms with Crippen LogP contribution in [0.25, 0.3) is 11.2 Å². The van der Waals surface area contributed by atoms with E-state index in [1.807, 2.05) is 6.07 Å². The summed E-state index contributed by atoms with van der Waals surface area (Å²) in [5, 5.41) is 0.202. The summed E-state index contributed by atoms with van der Waals surface area (Å²) in [6, 6.07) is 2.43. The zero-order chi connectivity index (χ0) is 20.8. The first-order valence-electron chi connectivity index (χ1n) is 10.5. The lowest BCUT2D eigenvalue weighted by Crippen LogP contribution is -2.44. The van der Waals surface area contributed by atoms with Gasteiger partial charge < -0.3 is 29.1 Å². The van der Waals surface area contributed by atoms with Crippen molar-refractivity contribution in [3.8, 4) is 0 Å². The lowest BCUT2D eigenvalue weighted by Gasteiger charge is -2.38. The topological polar surface area (TPSA) is 89.9 Å². The molecule has 0 saturated carbocycles. The molecule has 160 valence electrons. The number of nitrogens with two attached hydrogens (primary N) is 1. The Morgan fingerprint density at radius 1 is 1.14 bits per heavy atom. The van der Waals surface area contributed by atoms with Crippen molar-refractivity contribution in [2.45, 2.75) is 51.4 Å². The summed E-state index contributed by atoms with van der Waals surface area (Å²) in [5.74, 6) is 0.778. The SMILES string of the molecule is CC(C)(C)[Si](C)(C)O[C@@H]1CCN(c2nc3nc(N4CCOCC4)oc3cc2N)C1. The molecule has 0 spiro atoms. The van der Waals surface area contributed by atoms with E-state index in [9.17, 15) is 0 Å². The second kappa shape index (κ2) is 7.44. The van der Waals surface area contributed by atoms with Crippen molar-refractivity contribution in [3.63, 3.8) is 0 Å². The molecule has 8 nitrogen and oxygen atoms in total. The largest absolute Gasteiger partial charge is 0.422 e. The zero-order valence-electron chi connectivity index (χ0n) is 18.2. The van der Waals surface area contributed by atoms with Crippen LogP contribution >= 0.6 is 0 Å². The molecule has 2 aliphatic rings. The van der Waals surface area contributed by atoms with Crippen LogP contribution < -0.4 is 15.5 Å². The molecule has 29 heavy (non-hydrogen) atoms. The van der Waals surface area contributed by atoms with E-state index in [4.69, 9.17) is 24.3 Å². The average molecular weight is 420 g/mol. The maximum Gasteiger partial charge on any atom is 0.300 e. The third-order valence-corrected chi connectivity index (χ3v) is 10.9. The van der Waals surface area contributed by atoms with Crippen LogP contribution in [0, 0.1) is 0 Å². The smallest absolute Gasteiger partial charge is 0.300 e. The lowest BCUT2D eigenvalue weighted by molar-refractivity contribution is 0.120. The molecule has 0 bridgehead atoms. The van der Waals surface area contributed by atoms with Gasteiger partial charge in [-0.15, -0.1) is 0 Å². The van der Waals surface area contributed by atoms with Gasteiger partial charge in [-0.1, -0.05) is 20.8 Å². The minimum Gasteiger partial charge on any atom is -0.422 e. The Morgan fingerprint density at radius 2 is 1.86 bits per heavy atom. The van der Waals surface area contributed by atoms with E-state index < -0.39 is 8.32 Å². The molecule has 1 atom stereocenters. The highest BCUT2D eigenvalue weighted by atomic mass is 28.4. The number of rotatable bonds is 4. The van der Waals surface area contributed by atoms with Crippen molar-refractivity contribution in [2.24, 2.45) is 0 Å². The molecule has 4 heterocycles. The molecule has 2 aliphatic heterocycles. The molecule has 2 N–H and O–H groups in total. The fourth-order valence-corrected chi connectivity index (χ4v) is 4.99. The summed E-state index contributed by atoms with van der Waals surface area (Å²) in [6.07, 6.45) is 1.21. The Hall–Kier alpha value is -1.84. The van der Waals surface area contributed by atoms with Crippen LogP contribution in [0.1, 0.15) is 27.2 Å². The van der Waals surface area contributed by atoms with Gasteiger partial charge in [0.25, 0.3) is 6.01 Å². The van der Waals surface area contributed by atoms with Gasteiger partial charge in [-0.2, -0.15) is 4.98 Å². The third-order valence-electron chi connectivity index (χ3n) is 6.37. The van der Waals surface area contributed by atoms with Gasteiger partial charge >= 0.3 is 0 Å². The quantitative estimate of drug-likeness (QED) is 0.756. The molecule has 2 aromatic rings. The summed E-state index contributed by atoms with van der Waals surface area (Å²) < 4.78 is 17.9. The second-order valence-electron chi connectivity index (χ2n) is 9.55. The summed E-state index contributed by atoms with van der Waals surface area (Å²) in [7, 11) is -1.80. The number of nitrogen functional groups attached to an aromatic ring is 1. The number of hydrogen-bond donors (Lipinski definition) is 1. The molecule has 2 saturated heterocycles. The predicted molar refractivity (Wildman–Crippen MR) is 118 cm³/mol. The minimum absolute atomic E-state index is 0.202. The summed E-state index contributed by atoms with van der Waals surface area (Å²) in [4.78, 5) is 13.7. The van der Waals surface area contributed by atoms with Crippen molar-refractivity contribution in [1.82, 2.24) is 9.97 Å². The van der Waals surface area contributed by atoms with Gasteiger partial charge in [0, 0.05) is 32.2 Å². The second-order valence-corrected chi connectivity index (χ2v) is 14.3.